The smallest absolute Gasteiger partial charge is 0.253 e. The maximum atomic E-state index is 12.6. The summed E-state index contributed by atoms with van der Waals surface area (Å²) in [6.45, 7) is 2.81. The van der Waals surface area contributed by atoms with E-state index in [-0.39, 0.29) is 18.3 Å². The Kier molecular flexibility index (Phi) is 6.10. The molecule has 0 aromatic heterocycles. The maximum absolute atomic E-state index is 12.6. The average Bonchev–Trinajstić information content (AvgIpc) is 3.09. The van der Waals surface area contributed by atoms with Gasteiger partial charge in [0.25, 0.3) is 5.91 Å². The van der Waals surface area contributed by atoms with Crippen molar-refractivity contribution in [1.29, 1.82) is 0 Å². The van der Waals surface area contributed by atoms with Crippen LogP contribution in [0.5, 0.6) is 0 Å². The predicted octanol–water partition coefficient (Wildman–Crippen LogP) is 3.56. The van der Waals surface area contributed by atoms with Crippen LogP contribution in [0.25, 0.3) is 0 Å². The van der Waals surface area contributed by atoms with Gasteiger partial charge < -0.3 is 15.5 Å². The Bertz CT molecular complexity index is 681. The lowest BCUT2D eigenvalue weighted by molar-refractivity contribution is 0.0785. The van der Waals surface area contributed by atoms with Crippen LogP contribution < -0.4 is 10.6 Å². The molecule has 4 nitrogen and oxygen atoms in total. The molecule has 2 N–H and O–H groups in total. The number of anilines is 2. The van der Waals surface area contributed by atoms with E-state index in [0.29, 0.717) is 17.8 Å². The first kappa shape index (κ1) is 18.1. The van der Waals surface area contributed by atoms with Crippen molar-refractivity contribution in [2.75, 3.05) is 30.8 Å². The molecule has 2 aromatic rings. The molecule has 2 aromatic carbocycles. The van der Waals surface area contributed by atoms with E-state index in [1.165, 1.54) is 24.1 Å². The number of carbonyl (C=O) groups excluding carboxylic acids is 1. The van der Waals surface area contributed by atoms with Crippen LogP contribution in [0.4, 0.5) is 11.4 Å². The van der Waals surface area contributed by atoms with Gasteiger partial charge in [-0.05, 0) is 48.7 Å². The second-order valence-corrected chi connectivity index (χ2v) is 6.11. The molecule has 1 heterocycles. The lowest BCUT2D eigenvalue weighted by Gasteiger charge is -2.24. The molecule has 128 valence electrons. The minimum atomic E-state index is 0. The van der Waals surface area contributed by atoms with Crippen molar-refractivity contribution in [3.63, 3.8) is 0 Å². The number of benzene rings is 2. The Hall–Kier alpha value is -2.20. The molecular formula is C19H24ClN3O. The van der Waals surface area contributed by atoms with E-state index in [9.17, 15) is 4.79 Å². The number of nitrogens with two attached hydrogens (primary N) is 1. The summed E-state index contributed by atoms with van der Waals surface area (Å²) in [5.74, 6) is 0.0150. The summed E-state index contributed by atoms with van der Waals surface area (Å²) in [5.41, 5.74) is 9.47. The average molecular weight is 346 g/mol. The summed E-state index contributed by atoms with van der Waals surface area (Å²) in [6.07, 6.45) is 2.49. The highest BCUT2D eigenvalue weighted by molar-refractivity contribution is 5.94. The van der Waals surface area contributed by atoms with Gasteiger partial charge in [0, 0.05) is 43.6 Å². The first-order valence-electron chi connectivity index (χ1n) is 8.09. The molecule has 0 saturated carbocycles. The molecule has 1 saturated heterocycles. The number of halogens is 1. The summed E-state index contributed by atoms with van der Waals surface area (Å²) in [5, 5.41) is 0. The third-order valence-corrected chi connectivity index (χ3v) is 4.35. The lowest BCUT2D eigenvalue weighted by atomic mass is 10.1. The number of carbonyl (C=O) groups is 1. The maximum Gasteiger partial charge on any atom is 0.253 e. The van der Waals surface area contributed by atoms with Gasteiger partial charge in [-0.25, -0.2) is 0 Å². The van der Waals surface area contributed by atoms with Crippen molar-refractivity contribution in [2.45, 2.75) is 19.4 Å². The second kappa shape index (κ2) is 8.06. The van der Waals surface area contributed by atoms with Crippen LogP contribution >= 0.6 is 12.4 Å². The van der Waals surface area contributed by atoms with Crippen LogP contribution in [-0.4, -0.2) is 30.9 Å². The quantitative estimate of drug-likeness (QED) is 0.862. The topological polar surface area (TPSA) is 49.6 Å². The number of para-hydroxylation sites is 1. The van der Waals surface area contributed by atoms with E-state index in [1.54, 1.807) is 29.2 Å². The summed E-state index contributed by atoms with van der Waals surface area (Å²) >= 11 is 0. The monoisotopic (exact) mass is 345 g/mol. The van der Waals surface area contributed by atoms with Gasteiger partial charge in [0.1, 0.15) is 0 Å². The van der Waals surface area contributed by atoms with Crippen LogP contribution in [-0.2, 0) is 6.54 Å². The highest BCUT2D eigenvalue weighted by atomic mass is 35.5. The highest BCUT2D eigenvalue weighted by Gasteiger charge is 2.18. The van der Waals surface area contributed by atoms with E-state index in [0.717, 1.165) is 13.1 Å². The van der Waals surface area contributed by atoms with Gasteiger partial charge >= 0.3 is 0 Å². The molecule has 5 heteroatoms. The number of amides is 1. The van der Waals surface area contributed by atoms with Crippen molar-refractivity contribution in [1.82, 2.24) is 4.90 Å². The molecule has 1 aliphatic heterocycles. The SMILES string of the molecule is CN(Cc1ccccc1N1CCCC1)C(=O)c1ccc(N)cc1.Cl. The Morgan fingerprint density at radius 1 is 1.08 bits per heavy atom. The summed E-state index contributed by atoms with van der Waals surface area (Å²) in [4.78, 5) is 16.7. The number of nitrogens with zero attached hydrogens (tertiary/aromatic N) is 2. The van der Waals surface area contributed by atoms with E-state index >= 15 is 0 Å². The van der Waals surface area contributed by atoms with Crippen LogP contribution in [0.2, 0.25) is 0 Å². The standard InChI is InChI=1S/C19H23N3O.ClH/c1-21(19(23)15-8-10-17(20)11-9-15)14-16-6-2-3-7-18(16)22-12-4-5-13-22;/h2-3,6-11H,4-5,12-14,20H2,1H3;1H. The summed E-state index contributed by atoms with van der Waals surface area (Å²) in [6, 6.07) is 15.5. The van der Waals surface area contributed by atoms with Gasteiger partial charge in [-0.3, -0.25) is 4.79 Å². The fourth-order valence-electron chi connectivity index (χ4n) is 3.08. The zero-order chi connectivity index (χ0) is 16.2. The summed E-state index contributed by atoms with van der Waals surface area (Å²) in [7, 11) is 1.85. The Labute approximate surface area is 149 Å². The van der Waals surface area contributed by atoms with Gasteiger partial charge in [0.15, 0.2) is 0 Å². The van der Waals surface area contributed by atoms with E-state index < -0.39 is 0 Å². The molecule has 3 rings (SSSR count). The van der Waals surface area contributed by atoms with Crippen molar-refractivity contribution >= 4 is 29.7 Å². The lowest BCUT2D eigenvalue weighted by Crippen LogP contribution is -2.28. The molecule has 0 aliphatic carbocycles. The summed E-state index contributed by atoms with van der Waals surface area (Å²) < 4.78 is 0. The number of hydrogen-bond acceptors (Lipinski definition) is 3. The predicted molar refractivity (Wildman–Crippen MR) is 102 cm³/mol. The fraction of sp³-hybridized carbons (Fsp3) is 0.316. The minimum Gasteiger partial charge on any atom is -0.399 e. The van der Waals surface area contributed by atoms with Gasteiger partial charge in [0.2, 0.25) is 0 Å². The second-order valence-electron chi connectivity index (χ2n) is 6.11. The van der Waals surface area contributed by atoms with E-state index in [2.05, 4.69) is 23.1 Å². The van der Waals surface area contributed by atoms with Crippen LogP contribution in [0.15, 0.2) is 48.5 Å². The molecule has 1 aliphatic rings. The largest absolute Gasteiger partial charge is 0.399 e. The molecule has 0 radical (unpaired) electrons. The molecule has 0 bridgehead atoms. The van der Waals surface area contributed by atoms with E-state index in [4.69, 9.17) is 5.73 Å². The molecule has 24 heavy (non-hydrogen) atoms. The Balaban J connectivity index is 0.00000208. The number of rotatable bonds is 4. The van der Waals surface area contributed by atoms with Crippen molar-refractivity contribution < 1.29 is 4.79 Å². The first-order valence-corrected chi connectivity index (χ1v) is 8.09. The third kappa shape index (κ3) is 4.01. The van der Waals surface area contributed by atoms with Crippen LogP contribution in [0.1, 0.15) is 28.8 Å². The van der Waals surface area contributed by atoms with Crippen LogP contribution in [0.3, 0.4) is 0 Å². The van der Waals surface area contributed by atoms with Gasteiger partial charge in [-0.2, -0.15) is 0 Å². The normalized spacial score (nSPS) is 13.5. The number of nitrogen functional groups attached to an aromatic ring is 1. The Morgan fingerprint density at radius 3 is 2.38 bits per heavy atom. The first-order chi connectivity index (χ1) is 11.1. The molecule has 0 atom stereocenters. The van der Waals surface area contributed by atoms with Gasteiger partial charge in [-0.15, -0.1) is 12.4 Å². The zero-order valence-corrected chi connectivity index (χ0v) is 14.8. The molecule has 1 amide bonds. The minimum absolute atomic E-state index is 0. The highest BCUT2D eigenvalue weighted by Crippen LogP contribution is 2.25. The van der Waals surface area contributed by atoms with Crippen LogP contribution in [0, 0.1) is 0 Å². The van der Waals surface area contributed by atoms with Gasteiger partial charge in [-0.1, -0.05) is 18.2 Å². The Morgan fingerprint density at radius 2 is 1.71 bits per heavy atom. The zero-order valence-electron chi connectivity index (χ0n) is 13.9. The fourth-order valence-corrected chi connectivity index (χ4v) is 3.08. The molecule has 0 unspecified atom stereocenters. The van der Waals surface area contributed by atoms with Crippen molar-refractivity contribution in [3.05, 3.63) is 59.7 Å². The third-order valence-electron chi connectivity index (χ3n) is 4.35. The van der Waals surface area contributed by atoms with E-state index in [1.807, 2.05) is 13.1 Å². The van der Waals surface area contributed by atoms with Crippen molar-refractivity contribution in [2.24, 2.45) is 0 Å². The van der Waals surface area contributed by atoms with Gasteiger partial charge in [0.05, 0.1) is 0 Å². The molecule has 1 fully saturated rings. The molecular weight excluding hydrogens is 322 g/mol. The van der Waals surface area contributed by atoms with Crippen molar-refractivity contribution in [3.8, 4) is 0 Å². The number of hydrogen-bond donors (Lipinski definition) is 1. The molecule has 0 spiro atoms.